The minimum absolute atomic E-state index is 0.0141. The third-order valence-electron chi connectivity index (χ3n) is 4.70. The molecule has 0 spiro atoms. The normalized spacial score (nSPS) is 19.7. The topological polar surface area (TPSA) is 91.0 Å². The molecule has 8 nitrogen and oxygen atoms in total. The molecule has 1 atom stereocenters. The van der Waals surface area contributed by atoms with Crippen molar-refractivity contribution < 1.29 is 23.5 Å². The number of carbonyl (C=O) groups is 3. The Balaban J connectivity index is 1.53. The highest BCUT2D eigenvalue weighted by Gasteiger charge is 2.30. The van der Waals surface area contributed by atoms with Crippen LogP contribution in [-0.2, 0) is 9.59 Å². The van der Waals surface area contributed by atoms with Crippen molar-refractivity contribution in [3.8, 4) is 5.75 Å². The molecule has 2 aliphatic heterocycles. The third kappa shape index (κ3) is 4.24. The standard InChI is InChI=1S/C17H20ClFN4O4/c1-27-13-9-10(8-11(18)15(13)19)22-4-6-23(7-5-22)14(24)3-2-12-16(25)21-17(26)20-12/h8-9,12H,2-7H2,1H3,(H2,20,21,25,26)/t12-/m1/s1. The van der Waals surface area contributed by atoms with E-state index in [0.717, 1.165) is 5.69 Å². The Kier molecular flexibility index (Phi) is 5.69. The lowest BCUT2D eigenvalue weighted by Crippen LogP contribution is -2.49. The molecule has 4 amide bonds. The summed E-state index contributed by atoms with van der Waals surface area (Å²) in [4.78, 5) is 38.7. The number of methoxy groups -OCH3 is 1. The summed E-state index contributed by atoms with van der Waals surface area (Å²) in [7, 11) is 1.38. The highest BCUT2D eigenvalue weighted by molar-refractivity contribution is 6.31. The van der Waals surface area contributed by atoms with Crippen molar-refractivity contribution in [1.29, 1.82) is 0 Å². The quantitative estimate of drug-likeness (QED) is 0.725. The van der Waals surface area contributed by atoms with Crippen molar-refractivity contribution in [3.05, 3.63) is 23.0 Å². The van der Waals surface area contributed by atoms with E-state index in [-0.39, 0.29) is 29.5 Å². The van der Waals surface area contributed by atoms with Gasteiger partial charge >= 0.3 is 6.03 Å². The van der Waals surface area contributed by atoms with E-state index in [1.807, 2.05) is 4.90 Å². The average Bonchev–Trinajstić information content (AvgIpc) is 2.99. The number of nitrogens with zero attached hydrogens (tertiary/aromatic N) is 2. The molecule has 2 saturated heterocycles. The second-order valence-electron chi connectivity index (χ2n) is 6.37. The maximum atomic E-state index is 13.8. The van der Waals surface area contributed by atoms with Crippen molar-refractivity contribution in [1.82, 2.24) is 15.5 Å². The minimum Gasteiger partial charge on any atom is -0.494 e. The molecule has 1 aromatic rings. The summed E-state index contributed by atoms with van der Waals surface area (Å²) in [5, 5.41) is 4.61. The Bertz CT molecular complexity index is 768. The summed E-state index contributed by atoms with van der Waals surface area (Å²) in [6.07, 6.45) is 0.440. The van der Waals surface area contributed by atoms with Crippen LogP contribution >= 0.6 is 11.6 Å². The number of nitrogens with one attached hydrogen (secondary N) is 2. The summed E-state index contributed by atoms with van der Waals surface area (Å²) in [6, 6.07) is 1.94. The molecule has 2 N–H and O–H groups in total. The lowest BCUT2D eigenvalue weighted by Gasteiger charge is -2.36. The van der Waals surface area contributed by atoms with Crippen molar-refractivity contribution in [2.75, 3.05) is 38.2 Å². The first-order valence-electron chi connectivity index (χ1n) is 8.56. The first-order valence-corrected chi connectivity index (χ1v) is 8.94. The number of benzene rings is 1. The molecule has 0 unspecified atom stereocenters. The number of amides is 4. The van der Waals surface area contributed by atoms with Crippen LogP contribution in [0.5, 0.6) is 5.75 Å². The molecule has 0 bridgehead atoms. The predicted molar refractivity (Wildman–Crippen MR) is 96.5 cm³/mol. The second-order valence-corrected chi connectivity index (χ2v) is 6.77. The van der Waals surface area contributed by atoms with Gasteiger partial charge in [0.25, 0.3) is 5.91 Å². The number of carbonyl (C=O) groups excluding carboxylic acids is 3. The lowest BCUT2D eigenvalue weighted by molar-refractivity contribution is -0.131. The average molecular weight is 399 g/mol. The predicted octanol–water partition coefficient (Wildman–Crippen LogP) is 1.12. The molecular formula is C17H20ClFN4O4. The van der Waals surface area contributed by atoms with Crippen LogP contribution < -0.4 is 20.3 Å². The Morgan fingerprint density at radius 2 is 2.00 bits per heavy atom. The van der Waals surface area contributed by atoms with Gasteiger partial charge in [-0.15, -0.1) is 0 Å². The highest BCUT2D eigenvalue weighted by Crippen LogP contribution is 2.31. The molecule has 146 valence electrons. The number of halogens is 2. The van der Waals surface area contributed by atoms with Gasteiger partial charge in [-0.2, -0.15) is 0 Å². The molecular weight excluding hydrogens is 379 g/mol. The molecule has 2 aliphatic rings. The fourth-order valence-corrected chi connectivity index (χ4v) is 3.39. The van der Waals surface area contributed by atoms with Crippen LogP contribution in [0.3, 0.4) is 0 Å². The van der Waals surface area contributed by atoms with E-state index in [4.69, 9.17) is 16.3 Å². The number of urea groups is 1. The fraction of sp³-hybridized carbons (Fsp3) is 0.471. The molecule has 0 aliphatic carbocycles. The van der Waals surface area contributed by atoms with Crippen molar-refractivity contribution in [2.24, 2.45) is 0 Å². The summed E-state index contributed by atoms with van der Waals surface area (Å²) in [5.74, 6) is -0.995. The van der Waals surface area contributed by atoms with E-state index < -0.39 is 23.8 Å². The van der Waals surface area contributed by atoms with E-state index in [0.29, 0.717) is 26.2 Å². The fourth-order valence-electron chi connectivity index (χ4n) is 3.18. The van der Waals surface area contributed by atoms with Crippen LogP contribution in [0, 0.1) is 5.82 Å². The monoisotopic (exact) mass is 398 g/mol. The number of imide groups is 1. The SMILES string of the molecule is COc1cc(N2CCN(C(=O)CC[C@H]3NC(=O)NC3=O)CC2)cc(Cl)c1F. The zero-order valence-corrected chi connectivity index (χ0v) is 15.5. The van der Waals surface area contributed by atoms with E-state index in [1.54, 1.807) is 11.0 Å². The van der Waals surface area contributed by atoms with Gasteiger partial charge in [-0.05, 0) is 12.5 Å². The van der Waals surface area contributed by atoms with Crippen molar-refractivity contribution in [2.45, 2.75) is 18.9 Å². The largest absolute Gasteiger partial charge is 0.494 e. The zero-order chi connectivity index (χ0) is 19.6. The molecule has 3 rings (SSSR count). The third-order valence-corrected chi connectivity index (χ3v) is 4.98. The van der Waals surface area contributed by atoms with Gasteiger partial charge in [-0.3, -0.25) is 14.9 Å². The Hall–Kier alpha value is -2.55. The molecule has 10 heteroatoms. The smallest absolute Gasteiger partial charge is 0.322 e. The van der Waals surface area contributed by atoms with Gasteiger partial charge in [0.2, 0.25) is 5.91 Å². The molecule has 27 heavy (non-hydrogen) atoms. The number of piperazine rings is 1. The summed E-state index contributed by atoms with van der Waals surface area (Å²) in [6.45, 7) is 2.13. The van der Waals surface area contributed by atoms with Crippen LogP contribution in [0.1, 0.15) is 12.8 Å². The van der Waals surface area contributed by atoms with E-state index in [1.165, 1.54) is 13.2 Å². The summed E-state index contributed by atoms with van der Waals surface area (Å²) < 4.78 is 18.8. The number of rotatable bonds is 5. The van der Waals surface area contributed by atoms with Gasteiger partial charge in [0.1, 0.15) is 6.04 Å². The van der Waals surface area contributed by atoms with Gasteiger partial charge in [-0.1, -0.05) is 11.6 Å². The number of anilines is 1. The van der Waals surface area contributed by atoms with Crippen molar-refractivity contribution in [3.63, 3.8) is 0 Å². The van der Waals surface area contributed by atoms with Gasteiger partial charge < -0.3 is 19.9 Å². The molecule has 2 heterocycles. The van der Waals surface area contributed by atoms with Gasteiger partial charge in [0.05, 0.1) is 12.1 Å². The molecule has 0 radical (unpaired) electrons. The lowest BCUT2D eigenvalue weighted by atomic mass is 10.1. The number of hydrogen-bond donors (Lipinski definition) is 2. The van der Waals surface area contributed by atoms with Gasteiger partial charge in [0.15, 0.2) is 11.6 Å². The van der Waals surface area contributed by atoms with Crippen LogP contribution in [0.4, 0.5) is 14.9 Å². The Morgan fingerprint density at radius 3 is 2.59 bits per heavy atom. The van der Waals surface area contributed by atoms with Gasteiger partial charge in [0, 0.05) is 44.4 Å². The molecule has 0 aromatic heterocycles. The van der Waals surface area contributed by atoms with Gasteiger partial charge in [-0.25, -0.2) is 9.18 Å². The summed E-state index contributed by atoms with van der Waals surface area (Å²) in [5.41, 5.74) is 0.732. The van der Waals surface area contributed by atoms with E-state index >= 15 is 0 Å². The first-order chi connectivity index (χ1) is 12.9. The minimum atomic E-state index is -0.656. The number of hydrogen-bond acceptors (Lipinski definition) is 5. The van der Waals surface area contributed by atoms with Crippen molar-refractivity contribution >= 4 is 35.1 Å². The molecule has 1 aromatic carbocycles. The maximum absolute atomic E-state index is 13.8. The van der Waals surface area contributed by atoms with E-state index in [2.05, 4.69) is 10.6 Å². The van der Waals surface area contributed by atoms with Crippen LogP contribution in [0.2, 0.25) is 5.02 Å². The highest BCUT2D eigenvalue weighted by atomic mass is 35.5. The zero-order valence-electron chi connectivity index (χ0n) is 14.8. The number of ether oxygens (including phenoxy) is 1. The Labute approximate surface area is 160 Å². The van der Waals surface area contributed by atoms with Crippen LogP contribution in [0.25, 0.3) is 0 Å². The second kappa shape index (κ2) is 7.99. The van der Waals surface area contributed by atoms with E-state index in [9.17, 15) is 18.8 Å². The first kappa shape index (κ1) is 19.2. The van der Waals surface area contributed by atoms with Crippen LogP contribution in [-0.4, -0.2) is 62.1 Å². The Morgan fingerprint density at radius 1 is 1.30 bits per heavy atom. The molecule has 0 saturated carbocycles. The van der Waals surface area contributed by atoms with Crippen LogP contribution in [0.15, 0.2) is 12.1 Å². The summed E-state index contributed by atoms with van der Waals surface area (Å²) >= 11 is 5.91. The maximum Gasteiger partial charge on any atom is 0.322 e. The molecule has 2 fully saturated rings.